The number of rotatable bonds is 3. The molecule has 1 unspecified atom stereocenters. The first-order valence-corrected chi connectivity index (χ1v) is 7.28. The molecule has 22 heavy (non-hydrogen) atoms. The number of hydrogen-bond acceptors (Lipinski definition) is 3. The number of carbonyl (C=O) groups is 3. The third kappa shape index (κ3) is 2.79. The van der Waals surface area contributed by atoms with Gasteiger partial charge in [-0.3, -0.25) is 19.4 Å². The number of hydrogen-bond donors (Lipinski definition) is 0. The number of imide groups is 2. The Balaban J connectivity index is 2.33. The third-order valence-electron chi connectivity index (χ3n) is 4.07. The zero-order valence-electron chi connectivity index (χ0n) is 13.3. The van der Waals surface area contributed by atoms with Crippen molar-refractivity contribution in [2.75, 3.05) is 14.1 Å². The quantitative estimate of drug-likeness (QED) is 0.637. The molecule has 116 valence electrons. The summed E-state index contributed by atoms with van der Waals surface area (Å²) >= 11 is 0. The zero-order chi connectivity index (χ0) is 16.4. The molecule has 1 aliphatic rings. The second-order valence-corrected chi connectivity index (χ2v) is 5.54. The van der Waals surface area contributed by atoms with Crippen LogP contribution in [0.5, 0.6) is 0 Å². The number of urea groups is 1. The van der Waals surface area contributed by atoms with Crippen molar-refractivity contribution >= 4 is 23.9 Å². The summed E-state index contributed by atoms with van der Waals surface area (Å²) in [6.45, 7) is 4.28. The van der Waals surface area contributed by atoms with Gasteiger partial charge in [0.1, 0.15) is 5.57 Å². The van der Waals surface area contributed by atoms with Crippen LogP contribution in [0.25, 0.3) is 6.08 Å². The second kappa shape index (κ2) is 6.13. The molecule has 1 fully saturated rings. The molecule has 0 radical (unpaired) electrons. The molecule has 0 spiro atoms. The van der Waals surface area contributed by atoms with Crippen LogP contribution in [0, 0.1) is 0 Å². The van der Waals surface area contributed by atoms with E-state index in [2.05, 4.69) is 13.8 Å². The van der Waals surface area contributed by atoms with E-state index in [1.165, 1.54) is 25.7 Å². The van der Waals surface area contributed by atoms with Gasteiger partial charge < -0.3 is 0 Å². The highest BCUT2D eigenvalue weighted by atomic mass is 16.2. The largest absolute Gasteiger partial charge is 0.333 e. The van der Waals surface area contributed by atoms with E-state index in [0.29, 0.717) is 5.92 Å². The van der Waals surface area contributed by atoms with E-state index in [9.17, 15) is 14.4 Å². The molecule has 0 aromatic heterocycles. The number of barbiturate groups is 1. The van der Waals surface area contributed by atoms with Crippen molar-refractivity contribution in [3.63, 3.8) is 0 Å². The fourth-order valence-corrected chi connectivity index (χ4v) is 2.30. The van der Waals surface area contributed by atoms with Gasteiger partial charge in [0.25, 0.3) is 11.8 Å². The SMILES string of the molecule is CCC(C)c1ccc(C=C2C(=O)N(C)C(=O)N(C)C2=O)cc1. The molecule has 1 atom stereocenters. The fraction of sp³-hybridized carbons (Fsp3) is 0.353. The smallest absolute Gasteiger partial charge is 0.268 e. The summed E-state index contributed by atoms with van der Waals surface area (Å²) in [6.07, 6.45) is 2.58. The average Bonchev–Trinajstić information content (AvgIpc) is 2.55. The van der Waals surface area contributed by atoms with Gasteiger partial charge in [-0.15, -0.1) is 0 Å². The van der Waals surface area contributed by atoms with E-state index in [1.807, 2.05) is 24.3 Å². The first kappa shape index (κ1) is 15.9. The van der Waals surface area contributed by atoms with Gasteiger partial charge in [0, 0.05) is 14.1 Å². The first-order valence-electron chi connectivity index (χ1n) is 7.28. The summed E-state index contributed by atoms with van der Waals surface area (Å²) in [7, 11) is 2.74. The van der Waals surface area contributed by atoms with Crippen LogP contribution in [-0.2, 0) is 9.59 Å². The van der Waals surface area contributed by atoms with E-state index in [4.69, 9.17) is 0 Å². The molecule has 1 aliphatic heterocycles. The summed E-state index contributed by atoms with van der Waals surface area (Å²) in [4.78, 5) is 37.8. The zero-order valence-corrected chi connectivity index (χ0v) is 13.3. The van der Waals surface area contributed by atoms with Crippen LogP contribution in [0.3, 0.4) is 0 Å². The van der Waals surface area contributed by atoms with Crippen molar-refractivity contribution in [2.45, 2.75) is 26.2 Å². The monoisotopic (exact) mass is 300 g/mol. The molecular formula is C17H20N2O3. The Kier molecular flexibility index (Phi) is 4.45. The van der Waals surface area contributed by atoms with Crippen molar-refractivity contribution in [1.29, 1.82) is 0 Å². The molecule has 0 saturated carbocycles. The van der Waals surface area contributed by atoms with Gasteiger partial charge in [0.2, 0.25) is 0 Å². The number of carbonyl (C=O) groups excluding carboxylic acids is 3. The van der Waals surface area contributed by atoms with Crippen LogP contribution in [0.15, 0.2) is 29.8 Å². The number of likely N-dealkylation sites (N-methyl/N-ethyl adjacent to an activating group) is 2. The molecule has 1 saturated heterocycles. The van der Waals surface area contributed by atoms with Crippen LogP contribution < -0.4 is 0 Å². The van der Waals surface area contributed by atoms with Crippen molar-refractivity contribution in [3.05, 3.63) is 41.0 Å². The third-order valence-corrected chi connectivity index (χ3v) is 4.07. The Morgan fingerprint density at radius 2 is 1.50 bits per heavy atom. The fourth-order valence-electron chi connectivity index (χ4n) is 2.30. The van der Waals surface area contributed by atoms with Crippen LogP contribution in [-0.4, -0.2) is 41.7 Å². The van der Waals surface area contributed by atoms with E-state index >= 15 is 0 Å². The van der Waals surface area contributed by atoms with Crippen LogP contribution in [0.4, 0.5) is 4.79 Å². The molecule has 0 aliphatic carbocycles. The van der Waals surface area contributed by atoms with Crippen molar-refractivity contribution in [3.8, 4) is 0 Å². The van der Waals surface area contributed by atoms with E-state index in [-0.39, 0.29) is 5.57 Å². The van der Waals surface area contributed by atoms with Crippen molar-refractivity contribution in [1.82, 2.24) is 9.80 Å². The highest BCUT2D eigenvalue weighted by molar-refractivity contribution is 6.30. The summed E-state index contributed by atoms with van der Waals surface area (Å²) in [5, 5.41) is 0. The molecule has 0 N–H and O–H groups in total. The topological polar surface area (TPSA) is 57.7 Å². The van der Waals surface area contributed by atoms with E-state index < -0.39 is 17.8 Å². The van der Waals surface area contributed by atoms with E-state index in [1.54, 1.807) is 0 Å². The number of nitrogens with zero attached hydrogens (tertiary/aromatic N) is 2. The predicted molar refractivity (Wildman–Crippen MR) is 84.1 cm³/mol. The Labute approximate surface area is 130 Å². The van der Waals surface area contributed by atoms with Gasteiger partial charge >= 0.3 is 6.03 Å². The van der Waals surface area contributed by atoms with E-state index in [0.717, 1.165) is 21.8 Å². The summed E-state index contributed by atoms with van der Waals surface area (Å²) in [5.41, 5.74) is 1.98. The first-order chi connectivity index (χ1) is 10.4. The Morgan fingerprint density at radius 1 is 1.00 bits per heavy atom. The lowest BCUT2D eigenvalue weighted by Gasteiger charge is -2.28. The van der Waals surface area contributed by atoms with Crippen LogP contribution in [0.2, 0.25) is 0 Å². The second-order valence-electron chi connectivity index (χ2n) is 5.54. The molecule has 5 heteroatoms. The van der Waals surface area contributed by atoms with Gasteiger partial charge in [0.15, 0.2) is 0 Å². The Bertz CT molecular complexity index is 620. The summed E-state index contributed by atoms with van der Waals surface area (Å²) in [6, 6.07) is 7.14. The maximum atomic E-state index is 12.1. The minimum absolute atomic E-state index is 0.000824. The molecular weight excluding hydrogens is 280 g/mol. The highest BCUT2D eigenvalue weighted by Gasteiger charge is 2.37. The molecule has 1 aromatic carbocycles. The maximum absolute atomic E-state index is 12.1. The Morgan fingerprint density at radius 3 is 1.95 bits per heavy atom. The molecule has 1 heterocycles. The lowest BCUT2D eigenvalue weighted by molar-refractivity contribution is -0.134. The highest BCUT2D eigenvalue weighted by Crippen LogP contribution is 2.21. The lowest BCUT2D eigenvalue weighted by atomic mass is 9.97. The average molecular weight is 300 g/mol. The minimum Gasteiger partial charge on any atom is -0.268 e. The van der Waals surface area contributed by atoms with Gasteiger partial charge in [-0.25, -0.2) is 4.79 Å². The standard InChI is InChI=1S/C17H20N2O3/c1-5-11(2)13-8-6-12(7-9-13)10-14-15(20)18(3)17(22)19(4)16(14)21/h6-11H,5H2,1-4H3. The van der Waals surface area contributed by atoms with Gasteiger partial charge in [-0.1, -0.05) is 38.1 Å². The van der Waals surface area contributed by atoms with Crippen LogP contribution in [0.1, 0.15) is 37.3 Å². The molecule has 0 bridgehead atoms. The molecule has 5 nitrogen and oxygen atoms in total. The lowest BCUT2D eigenvalue weighted by Crippen LogP contribution is -2.52. The predicted octanol–water partition coefficient (Wildman–Crippen LogP) is 2.63. The normalized spacial score (nSPS) is 17.1. The van der Waals surface area contributed by atoms with Gasteiger partial charge in [0.05, 0.1) is 0 Å². The minimum atomic E-state index is -0.612. The van der Waals surface area contributed by atoms with Crippen molar-refractivity contribution in [2.24, 2.45) is 0 Å². The Hall–Kier alpha value is -2.43. The maximum Gasteiger partial charge on any atom is 0.333 e. The van der Waals surface area contributed by atoms with Crippen LogP contribution >= 0.6 is 0 Å². The van der Waals surface area contributed by atoms with Crippen molar-refractivity contribution < 1.29 is 14.4 Å². The molecule has 4 amide bonds. The molecule has 2 rings (SSSR count). The molecule has 1 aromatic rings. The summed E-state index contributed by atoms with van der Waals surface area (Å²) < 4.78 is 0. The van der Waals surface area contributed by atoms with Gasteiger partial charge in [-0.05, 0) is 29.5 Å². The number of amides is 4. The number of benzene rings is 1. The summed E-state index contributed by atoms with van der Waals surface area (Å²) in [5.74, 6) is -0.673. The van der Waals surface area contributed by atoms with Gasteiger partial charge in [-0.2, -0.15) is 0 Å².